The van der Waals surface area contributed by atoms with E-state index in [2.05, 4.69) is 0 Å². The van der Waals surface area contributed by atoms with Gasteiger partial charge in [-0.3, -0.25) is 9.00 Å². The van der Waals surface area contributed by atoms with Crippen LogP contribution < -0.4 is 0 Å². The van der Waals surface area contributed by atoms with E-state index >= 15 is 0 Å². The van der Waals surface area contributed by atoms with Gasteiger partial charge >= 0.3 is 5.97 Å². The normalized spacial score (nSPS) is 13.7. The Balaban J connectivity index is 2.19. The molecule has 1 N–H and O–H groups in total. The van der Waals surface area contributed by atoms with Gasteiger partial charge in [-0.15, -0.1) is 0 Å². The monoisotopic (exact) mass is 292 g/mol. The van der Waals surface area contributed by atoms with Crippen LogP contribution in [-0.2, 0) is 15.6 Å². The zero-order valence-corrected chi connectivity index (χ0v) is 11.3. The van der Waals surface area contributed by atoms with Gasteiger partial charge in [0.2, 0.25) is 0 Å². The predicted octanol–water partition coefficient (Wildman–Crippen LogP) is 2.80. The molecule has 2 unspecified atom stereocenters. The standard InChI is InChI=1S/C15H13FO3S/c16-12-6-8-13(9-7-12)20(19)10-14(15(17)18)11-4-2-1-3-5-11/h1-9,14H,10H2,(H,17,18). The number of rotatable bonds is 5. The van der Waals surface area contributed by atoms with Crippen molar-refractivity contribution in [3.63, 3.8) is 0 Å². The first-order chi connectivity index (χ1) is 9.58. The minimum Gasteiger partial charge on any atom is -0.481 e. The maximum absolute atomic E-state index is 12.8. The molecule has 0 aliphatic heterocycles. The van der Waals surface area contributed by atoms with E-state index in [0.717, 1.165) is 0 Å². The van der Waals surface area contributed by atoms with Gasteiger partial charge in [-0.05, 0) is 29.8 Å². The molecule has 0 saturated heterocycles. The summed E-state index contributed by atoms with van der Waals surface area (Å²) in [5.74, 6) is -2.32. The number of carboxylic acids is 1. The lowest BCUT2D eigenvalue weighted by Crippen LogP contribution is -2.18. The summed E-state index contributed by atoms with van der Waals surface area (Å²) in [4.78, 5) is 11.8. The summed E-state index contributed by atoms with van der Waals surface area (Å²) in [5.41, 5.74) is 0.607. The van der Waals surface area contributed by atoms with Crippen LogP contribution in [0.25, 0.3) is 0 Å². The number of carbonyl (C=O) groups is 1. The van der Waals surface area contributed by atoms with Gasteiger partial charge in [-0.1, -0.05) is 30.3 Å². The number of aliphatic carboxylic acids is 1. The summed E-state index contributed by atoms with van der Waals surface area (Å²) in [6, 6.07) is 13.9. The van der Waals surface area contributed by atoms with E-state index in [1.807, 2.05) is 0 Å². The molecule has 104 valence electrons. The molecule has 0 bridgehead atoms. The first kappa shape index (κ1) is 14.4. The Morgan fingerprint density at radius 1 is 1.10 bits per heavy atom. The third-order valence-electron chi connectivity index (χ3n) is 2.89. The fraction of sp³-hybridized carbons (Fsp3) is 0.133. The highest BCUT2D eigenvalue weighted by Crippen LogP contribution is 2.20. The third kappa shape index (κ3) is 3.51. The van der Waals surface area contributed by atoms with Crippen LogP contribution in [0.1, 0.15) is 11.5 Å². The summed E-state index contributed by atoms with van der Waals surface area (Å²) in [7, 11) is -1.49. The quantitative estimate of drug-likeness (QED) is 0.922. The number of halogens is 1. The van der Waals surface area contributed by atoms with Crippen LogP contribution in [0.5, 0.6) is 0 Å². The van der Waals surface area contributed by atoms with Crippen LogP contribution in [0.3, 0.4) is 0 Å². The number of hydrogen-bond acceptors (Lipinski definition) is 2. The molecule has 0 amide bonds. The molecule has 2 aromatic rings. The van der Waals surface area contributed by atoms with Gasteiger partial charge in [0, 0.05) is 10.6 Å². The SMILES string of the molecule is O=C(O)C(CS(=O)c1ccc(F)cc1)c1ccccc1. The van der Waals surface area contributed by atoms with E-state index < -0.39 is 28.5 Å². The van der Waals surface area contributed by atoms with E-state index in [-0.39, 0.29) is 5.75 Å². The summed E-state index contributed by atoms with van der Waals surface area (Å²) >= 11 is 0. The molecule has 0 aliphatic carbocycles. The zero-order valence-electron chi connectivity index (χ0n) is 10.5. The molecule has 3 nitrogen and oxygen atoms in total. The zero-order chi connectivity index (χ0) is 14.5. The fourth-order valence-corrected chi connectivity index (χ4v) is 3.10. The molecule has 0 fully saturated rings. The van der Waals surface area contributed by atoms with Gasteiger partial charge in [0.05, 0.1) is 16.7 Å². The Bertz CT molecular complexity index is 611. The first-order valence-corrected chi connectivity index (χ1v) is 7.31. The third-order valence-corrected chi connectivity index (χ3v) is 4.33. The van der Waals surface area contributed by atoms with Crippen molar-refractivity contribution in [2.45, 2.75) is 10.8 Å². The lowest BCUT2D eigenvalue weighted by atomic mass is 10.0. The van der Waals surface area contributed by atoms with Crippen LogP contribution in [0.4, 0.5) is 4.39 Å². The molecular weight excluding hydrogens is 279 g/mol. The second kappa shape index (κ2) is 6.43. The Labute approximate surface area is 118 Å². The molecule has 5 heteroatoms. The Kier molecular flexibility index (Phi) is 4.63. The van der Waals surface area contributed by atoms with Crippen LogP contribution >= 0.6 is 0 Å². The Morgan fingerprint density at radius 3 is 2.25 bits per heavy atom. The van der Waals surface area contributed by atoms with Crippen LogP contribution in [-0.4, -0.2) is 21.0 Å². The van der Waals surface area contributed by atoms with Crippen LogP contribution in [0, 0.1) is 5.82 Å². The van der Waals surface area contributed by atoms with Gasteiger partial charge in [0.25, 0.3) is 0 Å². The highest BCUT2D eigenvalue weighted by atomic mass is 32.2. The molecule has 0 heterocycles. The highest BCUT2D eigenvalue weighted by Gasteiger charge is 2.23. The number of benzene rings is 2. The Hall–Kier alpha value is -2.01. The lowest BCUT2D eigenvalue weighted by molar-refractivity contribution is -0.138. The lowest BCUT2D eigenvalue weighted by Gasteiger charge is -2.12. The largest absolute Gasteiger partial charge is 0.481 e. The van der Waals surface area contributed by atoms with E-state index in [4.69, 9.17) is 0 Å². The number of carboxylic acid groups (broad SMARTS) is 1. The minimum atomic E-state index is -1.49. The van der Waals surface area contributed by atoms with Gasteiger partial charge in [0.15, 0.2) is 0 Å². The van der Waals surface area contributed by atoms with Crippen molar-refractivity contribution in [2.24, 2.45) is 0 Å². The molecule has 0 aromatic heterocycles. The summed E-state index contributed by atoms with van der Waals surface area (Å²) < 4.78 is 25.0. The van der Waals surface area contributed by atoms with E-state index in [9.17, 15) is 18.5 Å². The van der Waals surface area contributed by atoms with Gasteiger partial charge in [0.1, 0.15) is 5.82 Å². The minimum absolute atomic E-state index is 0.0367. The topological polar surface area (TPSA) is 54.4 Å². The van der Waals surface area contributed by atoms with Crippen LogP contribution in [0.15, 0.2) is 59.5 Å². The van der Waals surface area contributed by atoms with E-state index in [0.29, 0.717) is 10.5 Å². The van der Waals surface area contributed by atoms with Gasteiger partial charge < -0.3 is 5.11 Å². The second-order valence-corrected chi connectivity index (χ2v) is 5.76. The molecule has 2 atom stereocenters. The Morgan fingerprint density at radius 2 is 1.70 bits per heavy atom. The molecule has 0 spiro atoms. The summed E-state index contributed by atoms with van der Waals surface area (Å²) in [6.45, 7) is 0. The van der Waals surface area contributed by atoms with Gasteiger partial charge in [-0.2, -0.15) is 0 Å². The summed E-state index contributed by atoms with van der Waals surface area (Å²) in [6.07, 6.45) is 0. The van der Waals surface area contributed by atoms with Crippen molar-refractivity contribution in [2.75, 3.05) is 5.75 Å². The number of hydrogen-bond donors (Lipinski definition) is 1. The molecule has 2 rings (SSSR count). The molecule has 0 aliphatic rings. The smallest absolute Gasteiger partial charge is 0.311 e. The van der Waals surface area contributed by atoms with Crippen molar-refractivity contribution in [1.29, 1.82) is 0 Å². The predicted molar refractivity (Wildman–Crippen MR) is 74.5 cm³/mol. The highest BCUT2D eigenvalue weighted by molar-refractivity contribution is 7.85. The summed E-state index contributed by atoms with van der Waals surface area (Å²) in [5, 5.41) is 9.27. The average Bonchev–Trinajstić information content (AvgIpc) is 2.46. The van der Waals surface area contributed by atoms with E-state index in [1.54, 1.807) is 30.3 Å². The van der Waals surface area contributed by atoms with E-state index in [1.165, 1.54) is 24.3 Å². The first-order valence-electron chi connectivity index (χ1n) is 5.99. The van der Waals surface area contributed by atoms with Crippen molar-refractivity contribution in [3.05, 3.63) is 66.0 Å². The molecule has 0 saturated carbocycles. The second-order valence-electron chi connectivity index (χ2n) is 4.27. The van der Waals surface area contributed by atoms with Crippen molar-refractivity contribution < 1.29 is 18.5 Å². The van der Waals surface area contributed by atoms with Crippen molar-refractivity contribution >= 4 is 16.8 Å². The molecular formula is C15H13FO3S. The molecule has 20 heavy (non-hydrogen) atoms. The average molecular weight is 292 g/mol. The molecule has 0 radical (unpaired) electrons. The van der Waals surface area contributed by atoms with Gasteiger partial charge in [-0.25, -0.2) is 4.39 Å². The van der Waals surface area contributed by atoms with Crippen molar-refractivity contribution in [1.82, 2.24) is 0 Å². The molecule has 2 aromatic carbocycles. The maximum Gasteiger partial charge on any atom is 0.311 e. The van der Waals surface area contributed by atoms with Crippen LogP contribution in [0.2, 0.25) is 0 Å². The van der Waals surface area contributed by atoms with Crippen molar-refractivity contribution in [3.8, 4) is 0 Å². The fourth-order valence-electron chi connectivity index (χ4n) is 1.83. The maximum atomic E-state index is 12.8.